The Morgan fingerprint density at radius 1 is 1.35 bits per heavy atom. The first-order valence-electron chi connectivity index (χ1n) is 5.81. The summed E-state index contributed by atoms with van der Waals surface area (Å²) in [6, 6.07) is 2.17. The van der Waals surface area contributed by atoms with Crippen molar-refractivity contribution < 1.29 is 0 Å². The number of nitrogen functional groups attached to an aromatic ring is 1. The van der Waals surface area contributed by atoms with Gasteiger partial charge in [-0.25, -0.2) is 0 Å². The van der Waals surface area contributed by atoms with Crippen molar-refractivity contribution in [2.75, 3.05) is 43.6 Å². The van der Waals surface area contributed by atoms with Crippen molar-refractivity contribution in [2.45, 2.75) is 19.9 Å². The van der Waals surface area contributed by atoms with Crippen LogP contribution in [0.4, 0.5) is 17.6 Å². The Balaban J connectivity index is 2.69. The van der Waals surface area contributed by atoms with Gasteiger partial charge in [0.2, 0.25) is 5.95 Å². The van der Waals surface area contributed by atoms with E-state index in [0.29, 0.717) is 6.04 Å². The highest BCUT2D eigenvalue weighted by molar-refractivity contribution is 5.51. The van der Waals surface area contributed by atoms with Gasteiger partial charge in [0.05, 0.1) is 0 Å². The Hall–Kier alpha value is -1.56. The molecule has 6 nitrogen and oxygen atoms in total. The summed E-state index contributed by atoms with van der Waals surface area (Å²) in [5.41, 5.74) is 5.65. The third kappa shape index (κ3) is 4.86. The third-order valence-corrected chi connectivity index (χ3v) is 2.13. The van der Waals surface area contributed by atoms with E-state index in [-0.39, 0.29) is 5.95 Å². The van der Waals surface area contributed by atoms with Gasteiger partial charge in [-0.3, -0.25) is 0 Å². The van der Waals surface area contributed by atoms with Crippen LogP contribution in [0.2, 0.25) is 0 Å². The number of rotatable bonds is 6. The minimum absolute atomic E-state index is 0.281. The number of aromatic nitrogens is 2. The zero-order chi connectivity index (χ0) is 12.8. The van der Waals surface area contributed by atoms with Crippen LogP contribution in [-0.4, -0.2) is 48.1 Å². The van der Waals surface area contributed by atoms with Crippen LogP contribution in [0.1, 0.15) is 13.8 Å². The van der Waals surface area contributed by atoms with E-state index in [2.05, 4.69) is 32.4 Å². The first-order valence-corrected chi connectivity index (χ1v) is 5.81. The molecule has 1 rings (SSSR count). The Morgan fingerprint density at radius 3 is 2.59 bits per heavy atom. The van der Waals surface area contributed by atoms with Crippen molar-refractivity contribution >= 4 is 17.6 Å². The first-order chi connectivity index (χ1) is 8.01. The molecule has 1 unspecified atom stereocenters. The quantitative estimate of drug-likeness (QED) is 0.682. The van der Waals surface area contributed by atoms with Crippen molar-refractivity contribution in [3.05, 3.63) is 6.07 Å². The summed E-state index contributed by atoms with van der Waals surface area (Å²) >= 11 is 0. The van der Waals surface area contributed by atoms with Crippen LogP contribution in [-0.2, 0) is 0 Å². The van der Waals surface area contributed by atoms with Crippen LogP contribution in [0.5, 0.6) is 0 Å². The second-order valence-corrected chi connectivity index (χ2v) is 4.33. The van der Waals surface area contributed by atoms with Crippen LogP contribution in [0.25, 0.3) is 0 Å². The minimum Gasteiger partial charge on any atom is -0.370 e. The molecule has 0 radical (unpaired) electrons. The molecule has 0 amide bonds. The molecule has 1 atom stereocenters. The fourth-order valence-electron chi connectivity index (χ4n) is 1.66. The molecule has 0 saturated heterocycles. The van der Waals surface area contributed by atoms with Crippen LogP contribution < -0.4 is 16.4 Å². The summed E-state index contributed by atoms with van der Waals surface area (Å²) in [6.45, 7) is 5.86. The monoisotopic (exact) mass is 238 g/mol. The van der Waals surface area contributed by atoms with Gasteiger partial charge >= 0.3 is 0 Å². The summed E-state index contributed by atoms with van der Waals surface area (Å²) in [7, 11) is 4.08. The van der Waals surface area contributed by atoms with E-state index >= 15 is 0 Å². The van der Waals surface area contributed by atoms with Gasteiger partial charge in [-0.1, -0.05) is 0 Å². The van der Waals surface area contributed by atoms with Crippen molar-refractivity contribution in [3.8, 4) is 0 Å². The molecule has 0 spiro atoms. The maximum atomic E-state index is 5.65. The summed E-state index contributed by atoms with van der Waals surface area (Å²) in [5, 5.41) is 6.42. The number of hydrogen-bond acceptors (Lipinski definition) is 6. The third-order valence-electron chi connectivity index (χ3n) is 2.13. The van der Waals surface area contributed by atoms with Crippen LogP contribution in [0, 0.1) is 0 Å². The number of nitrogens with one attached hydrogen (secondary N) is 2. The van der Waals surface area contributed by atoms with Gasteiger partial charge in [0.1, 0.15) is 11.6 Å². The number of nitrogens with zero attached hydrogens (tertiary/aromatic N) is 3. The van der Waals surface area contributed by atoms with Crippen molar-refractivity contribution in [1.82, 2.24) is 14.9 Å². The predicted octanol–water partition coefficient (Wildman–Crippen LogP) is 0.853. The molecule has 0 aliphatic heterocycles. The maximum Gasteiger partial charge on any atom is 0.223 e. The summed E-state index contributed by atoms with van der Waals surface area (Å²) in [5.74, 6) is 1.78. The molecule has 17 heavy (non-hydrogen) atoms. The van der Waals surface area contributed by atoms with E-state index in [4.69, 9.17) is 5.73 Å². The van der Waals surface area contributed by atoms with Gasteiger partial charge in [-0.2, -0.15) is 9.97 Å². The fraction of sp³-hybridized carbons (Fsp3) is 0.636. The molecule has 1 heterocycles. The number of nitrogens with two attached hydrogens (primary N) is 1. The molecular formula is C11H22N6. The second-order valence-electron chi connectivity index (χ2n) is 4.33. The van der Waals surface area contributed by atoms with Gasteiger partial charge in [0.15, 0.2) is 0 Å². The summed E-state index contributed by atoms with van der Waals surface area (Å²) in [4.78, 5) is 10.4. The lowest BCUT2D eigenvalue weighted by molar-refractivity contribution is 0.392. The Morgan fingerprint density at radius 2 is 2.00 bits per heavy atom. The largest absolute Gasteiger partial charge is 0.370 e. The zero-order valence-electron chi connectivity index (χ0n) is 11.0. The number of anilines is 3. The Labute approximate surface area is 103 Å². The molecule has 0 fully saturated rings. The van der Waals surface area contributed by atoms with E-state index in [9.17, 15) is 0 Å². The predicted molar refractivity (Wildman–Crippen MR) is 72.2 cm³/mol. The highest BCUT2D eigenvalue weighted by Crippen LogP contribution is 2.13. The fourth-order valence-corrected chi connectivity index (χ4v) is 1.66. The van der Waals surface area contributed by atoms with E-state index < -0.39 is 0 Å². The zero-order valence-corrected chi connectivity index (χ0v) is 11.0. The average molecular weight is 238 g/mol. The van der Waals surface area contributed by atoms with Crippen molar-refractivity contribution in [1.29, 1.82) is 0 Å². The lowest BCUT2D eigenvalue weighted by atomic mass is 10.3. The number of likely N-dealkylation sites (N-methyl/N-ethyl adjacent to an activating group) is 1. The molecule has 1 aromatic rings. The Kier molecular flexibility index (Phi) is 4.96. The summed E-state index contributed by atoms with van der Waals surface area (Å²) < 4.78 is 0. The lowest BCUT2D eigenvalue weighted by Gasteiger charge is -2.19. The molecular weight excluding hydrogens is 216 g/mol. The lowest BCUT2D eigenvalue weighted by Crippen LogP contribution is -2.30. The molecule has 4 N–H and O–H groups in total. The molecule has 0 aromatic carbocycles. The van der Waals surface area contributed by atoms with E-state index in [0.717, 1.165) is 24.7 Å². The smallest absolute Gasteiger partial charge is 0.223 e. The molecule has 0 aliphatic rings. The van der Waals surface area contributed by atoms with Crippen LogP contribution in [0.3, 0.4) is 0 Å². The first kappa shape index (κ1) is 13.5. The summed E-state index contributed by atoms with van der Waals surface area (Å²) in [6.07, 6.45) is 0. The van der Waals surface area contributed by atoms with Crippen LogP contribution >= 0.6 is 0 Å². The molecule has 0 aliphatic carbocycles. The highest BCUT2D eigenvalue weighted by Gasteiger charge is 2.06. The average Bonchev–Trinajstić information content (AvgIpc) is 2.14. The van der Waals surface area contributed by atoms with E-state index in [1.807, 2.05) is 27.1 Å². The molecule has 0 saturated carbocycles. The van der Waals surface area contributed by atoms with Gasteiger partial charge in [-0.05, 0) is 27.9 Å². The standard InChI is InChI=1S/C11H22N6/c1-5-13-9-6-10(16-11(12)15-9)14-8(2)7-17(3)4/h6,8H,5,7H2,1-4H3,(H4,12,13,14,15,16). The SMILES string of the molecule is CCNc1cc(NC(C)CN(C)C)nc(N)n1. The van der Waals surface area contributed by atoms with Gasteiger partial charge in [0, 0.05) is 25.2 Å². The number of hydrogen-bond donors (Lipinski definition) is 3. The normalized spacial score (nSPS) is 12.5. The van der Waals surface area contributed by atoms with Crippen LogP contribution in [0.15, 0.2) is 6.07 Å². The van der Waals surface area contributed by atoms with E-state index in [1.165, 1.54) is 0 Å². The van der Waals surface area contributed by atoms with E-state index in [1.54, 1.807) is 0 Å². The van der Waals surface area contributed by atoms with Crippen molar-refractivity contribution in [2.24, 2.45) is 0 Å². The van der Waals surface area contributed by atoms with Gasteiger partial charge < -0.3 is 21.3 Å². The highest BCUT2D eigenvalue weighted by atomic mass is 15.2. The molecule has 0 bridgehead atoms. The molecule has 96 valence electrons. The van der Waals surface area contributed by atoms with Crippen molar-refractivity contribution in [3.63, 3.8) is 0 Å². The molecule has 6 heteroatoms. The topological polar surface area (TPSA) is 79.1 Å². The Bertz CT molecular complexity index is 352. The minimum atomic E-state index is 0.281. The molecule has 1 aromatic heterocycles. The van der Waals surface area contributed by atoms with Gasteiger partial charge in [-0.15, -0.1) is 0 Å². The van der Waals surface area contributed by atoms with Gasteiger partial charge in [0.25, 0.3) is 0 Å². The second kappa shape index (κ2) is 6.24. The maximum absolute atomic E-state index is 5.65.